The first-order valence-corrected chi connectivity index (χ1v) is 26.6. The van der Waals surface area contributed by atoms with E-state index < -0.39 is 17.7 Å². The zero-order chi connectivity index (χ0) is 55.1. The molecule has 0 aliphatic rings. The van der Waals surface area contributed by atoms with Crippen LogP contribution < -0.4 is 14.7 Å². The Kier molecular flexibility index (Phi) is 12.7. The van der Waals surface area contributed by atoms with Gasteiger partial charge in [0.2, 0.25) is 0 Å². The maximum absolute atomic E-state index is 14.9. The molecule has 3 heterocycles. The highest BCUT2D eigenvalue weighted by Gasteiger charge is 2.25. The zero-order valence-corrected chi connectivity index (χ0v) is 44.5. The topological polar surface area (TPSA) is 114 Å². The normalized spacial score (nSPS) is 11.3. The van der Waals surface area contributed by atoms with Crippen LogP contribution in [-0.2, 0) is 0 Å². The summed E-state index contributed by atoms with van der Waals surface area (Å²) in [5.41, 5.74) is 13.3. The van der Waals surface area contributed by atoms with Crippen molar-refractivity contribution in [2.24, 2.45) is 0 Å². The van der Waals surface area contributed by atoms with Crippen molar-refractivity contribution in [1.82, 2.24) is 28.7 Å². The summed E-state index contributed by atoms with van der Waals surface area (Å²) in [6, 6.07) is 82.0. The number of rotatable bonds is 12. The van der Waals surface area contributed by atoms with Gasteiger partial charge in [0.1, 0.15) is 17.5 Å². The third-order valence-corrected chi connectivity index (χ3v) is 14.9. The first-order valence-electron chi connectivity index (χ1n) is 26.6. The molecule has 3 amide bonds. The molecule has 0 N–H and O–H groups in total. The van der Waals surface area contributed by atoms with Crippen molar-refractivity contribution in [1.29, 1.82) is 0 Å². The van der Waals surface area contributed by atoms with Crippen LogP contribution >= 0.6 is 0 Å². The summed E-state index contributed by atoms with van der Waals surface area (Å²) in [6.45, 7) is 0. The highest BCUT2D eigenvalue weighted by atomic mass is 16.2. The van der Waals surface area contributed by atoms with E-state index in [1.165, 1.54) is 14.7 Å². The van der Waals surface area contributed by atoms with Crippen LogP contribution in [0.1, 0.15) is 31.1 Å². The molecule has 13 rings (SSSR count). The van der Waals surface area contributed by atoms with E-state index in [1.54, 1.807) is 39.3 Å². The summed E-state index contributed by atoms with van der Waals surface area (Å²) in [5.74, 6) is 1.04. The van der Waals surface area contributed by atoms with Crippen molar-refractivity contribution in [2.75, 3.05) is 35.8 Å². The number of aromatic nitrogens is 6. The number of amides is 3. The van der Waals surface area contributed by atoms with Crippen LogP contribution in [0.5, 0.6) is 0 Å². The largest absolute Gasteiger partial charge is 0.311 e. The minimum atomic E-state index is -0.412. The van der Waals surface area contributed by atoms with E-state index in [0.29, 0.717) is 17.1 Å². The van der Waals surface area contributed by atoms with E-state index in [-0.39, 0.29) is 16.7 Å². The first-order chi connectivity index (χ1) is 39.7. The Labute approximate surface area is 467 Å². The molecule has 0 radical (unpaired) electrons. The number of hydrogen-bond donors (Lipinski definition) is 0. The number of anilines is 3. The molecule has 3 aromatic heterocycles. The van der Waals surface area contributed by atoms with Crippen LogP contribution in [0.25, 0.3) is 84.3 Å². The molecule has 0 unspecified atom stereocenters. The predicted molar refractivity (Wildman–Crippen MR) is 324 cm³/mol. The van der Waals surface area contributed by atoms with Crippen LogP contribution in [0.15, 0.2) is 255 Å². The quantitative estimate of drug-likeness (QED) is 0.120. The molecule has 0 spiro atoms. The second-order valence-corrected chi connectivity index (χ2v) is 19.8. The fourth-order valence-corrected chi connectivity index (χ4v) is 10.6. The van der Waals surface area contributed by atoms with Gasteiger partial charge in [-0.25, -0.2) is 15.0 Å². The van der Waals surface area contributed by atoms with Gasteiger partial charge < -0.3 is 14.7 Å². The maximum Gasteiger partial charge on any atom is 0.258 e. The van der Waals surface area contributed by atoms with Crippen LogP contribution in [0, 0.1) is 0 Å². The van der Waals surface area contributed by atoms with E-state index in [1.807, 2.05) is 182 Å². The average Bonchev–Trinajstić information content (AvgIpc) is 4.31. The molecular formula is C69H51N9O3. The predicted octanol–water partition coefficient (Wildman–Crippen LogP) is 14.5. The smallest absolute Gasteiger partial charge is 0.258 e. The van der Waals surface area contributed by atoms with Gasteiger partial charge in [0.25, 0.3) is 17.7 Å². The van der Waals surface area contributed by atoms with E-state index >= 15 is 0 Å². The lowest BCUT2D eigenvalue weighted by molar-refractivity contribution is 0.0992. The summed E-state index contributed by atoms with van der Waals surface area (Å²) in [4.78, 5) is 64.2. The summed E-state index contributed by atoms with van der Waals surface area (Å²) in [7, 11) is 5.06. The number of imidazole rings is 3. The van der Waals surface area contributed by atoms with Gasteiger partial charge in [0, 0.05) is 88.6 Å². The van der Waals surface area contributed by atoms with Gasteiger partial charge in [-0.05, 0) is 164 Å². The Hall–Kier alpha value is -11.0. The van der Waals surface area contributed by atoms with Crippen LogP contribution in [-0.4, -0.2) is 67.5 Å². The van der Waals surface area contributed by atoms with Gasteiger partial charge in [-0.3, -0.25) is 28.1 Å². The Morgan fingerprint density at radius 1 is 0.296 bits per heavy atom. The summed E-state index contributed by atoms with van der Waals surface area (Å²) in [6.07, 6.45) is 0. The van der Waals surface area contributed by atoms with E-state index in [0.717, 1.165) is 84.3 Å². The maximum atomic E-state index is 14.9. The van der Waals surface area contributed by atoms with Crippen molar-refractivity contribution in [3.63, 3.8) is 0 Å². The number of fused-ring (bicyclic) bond motifs is 3. The number of carbonyl (C=O) groups is 3. The molecule has 0 fully saturated rings. The van der Waals surface area contributed by atoms with Crippen molar-refractivity contribution in [3.05, 3.63) is 271 Å². The molecule has 0 bridgehead atoms. The van der Waals surface area contributed by atoms with Gasteiger partial charge in [-0.15, -0.1) is 0 Å². The Bertz CT molecular complexity index is 4020. The SMILES string of the molecule is CN(C(=O)c1cc(C(=O)N(C)c2ccc(-c3nc4ccccc4n3-c3ccccc3)cc2)cc(C(=O)N(C)c2ccc(-c3nc4ccccc4n3-c3ccccc3)cc2)c1)c1ccc(-c2nc3ccccc3n2-c2ccccc2)cc1. The van der Waals surface area contributed by atoms with E-state index in [9.17, 15) is 14.4 Å². The number of carbonyl (C=O) groups excluding carboxylic acids is 3. The second kappa shape index (κ2) is 20.8. The number of para-hydroxylation sites is 9. The Morgan fingerprint density at radius 3 is 0.790 bits per heavy atom. The van der Waals surface area contributed by atoms with E-state index in [2.05, 4.69) is 68.3 Å². The number of benzene rings is 10. The third kappa shape index (κ3) is 9.15. The lowest BCUT2D eigenvalue weighted by Gasteiger charge is -2.22. The third-order valence-electron chi connectivity index (χ3n) is 14.9. The first kappa shape index (κ1) is 49.6. The van der Waals surface area contributed by atoms with Crippen LogP contribution in [0.2, 0.25) is 0 Å². The van der Waals surface area contributed by atoms with Gasteiger partial charge in [0.15, 0.2) is 0 Å². The molecule has 13 aromatic rings. The van der Waals surface area contributed by atoms with Gasteiger partial charge in [-0.2, -0.15) is 0 Å². The Morgan fingerprint density at radius 2 is 0.531 bits per heavy atom. The molecule has 10 aromatic carbocycles. The average molecular weight is 1050 g/mol. The number of nitrogens with zero attached hydrogens (tertiary/aromatic N) is 9. The highest BCUT2D eigenvalue weighted by Crippen LogP contribution is 2.34. The molecule has 0 saturated heterocycles. The fraction of sp³-hybridized carbons (Fsp3) is 0.0435. The molecule has 0 aliphatic heterocycles. The summed E-state index contributed by atoms with van der Waals surface area (Å²) in [5, 5.41) is 0. The molecule has 81 heavy (non-hydrogen) atoms. The molecule has 12 heteroatoms. The van der Waals surface area contributed by atoms with E-state index in [4.69, 9.17) is 15.0 Å². The minimum absolute atomic E-state index is 0.161. The van der Waals surface area contributed by atoms with Crippen LogP contribution in [0.4, 0.5) is 17.1 Å². The molecule has 390 valence electrons. The summed E-state index contributed by atoms with van der Waals surface area (Å²) < 4.78 is 6.38. The highest BCUT2D eigenvalue weighted by molar-refractivity contribution is 6.14. The van der Waals surface area contributed by atoms with Gasteiger partial charge >= 0.3 is 0 Å². The lowest BCUT2D eigenvalue weighted by atomic mass is 10.0. The minimum Gasteiger partial charge on any atom is -0.311 e. The van der Waals surface area contributed by atoms with Gasteiger partial charge in [0.05, 0.1) is 33.1 Å². The molecule has 12 nitrogen and oxygen atoms in total. The molecule has 0 atom stereocenters. The van der Waals surface area contributed by atoms with Crippen molar-refractivity contribution >= 4 is 67.9 Å². The molecule has 0 aliphatic carbocycles. The van der Waals surface area contributed by atoms with Crippen molar-refractivity contribution in [3.8, 4) is 51.2 Å². The monoisotopic (exact) mass is 1050 g/mol. The zero-order valence-electron chi connectivity index (χ0n) is 44.5. The second-order valence-electron chi connectivity index (χ2n) is 19.8. The standard InChI is InChI=1S/C69H51N9O3/c1-73(52-37-31-46(32-38-52)64-70-58-25-13-16-28-61(58)76(64)55-19-7-4-8-20-55)67(79)49-43-50(68(80)74(2)53-39-33-47(34-40-53)65-71-59-26-14-17-29-62(59)77(65)56-21-9-5-10-22-56)45-51(44-49)69(81)75(3)54-41-35-48(36-42-54)66-72-60-27-15-18-30-63(60)78(66)57-23-11-6-12-24-57/h4-45H,1-3H3. The van der Waals surface area contributed by atoms with Gasteiger partial charge in [-0.1, -0.05) is 91.0 Å². The molecule has 0 saturated carbocycles. The van der Waals surface area contributed by atoms with Crippen molar-refractivity contribution in [2.45, 2.75) is 0 Å². The summed E-state index contributed by atoms with van der Waals surface area (Å²) >= 11 is 0. The van der Waals surface area contributed by atoms with Crippen molar-refractivity contribution < 1.29 is 14.4 Å². The van der Waals surface area contributed by atoms with Crippen LogP contribution in [0.3, 0.4) is 0 Å². The fourth-order valence-electron chi connectivity index (χ4n) is 10.6. The lowest BCUT2D eigenvalue weighted by Crippen LogP contribution is -2.31. The molecular weight excluding hydrogens is 1000 g/mol. The Balaban J connectivity index is 0.829. The number of hydrogen-bond acceptors (Lipinski definition) is 6.